The highest BCUT2D eigenvalue weighted by atomic mass is 19.3. The molecular weight excluding hydrogens is 171 g/mol. The average molecular weight is 190 g/mol. The van der Waals surface area contributed by atoms with Crippen molar-refractivity contribution in [3.8, 4) is 0 Å². The van der Waals surface area contributed by atoms with Gasteiger partial charge < -0.3 is 0 Å². The first-order chi connectivity index (χ1) is 5.95. The van der Waals surface area contributed by atoms with Gasteiger partial charge in [-0.15, -0.1) is 0 Å². The maximum atomic E-state index is 11.2. The minimum Gasteiger partial charge on any atom is -0.255 e. The van der Waals surface area contributed by atoms with Crippen LogP contribution in [0.3, 0.4) is 0 Å². The van der Waals surface area contributed by atoms with E-state index in [-0.39, 0.29) is 6.42 Å². The van der Waals surface area contributed by atoms with Crippen LogP contribution in [-0.2, 0) is 9.74 Å². The molecule has 0 aromatic heterocycles. The summed E-state index contributed by atoms with van der Waals surface area (Å²) in [4.78, 5) is 13.4. The van der Waals surface area contributed by atoms with Gasteiger partial charge >= 0.3 is 5.97 Å². The van der Waals surface area contributed by atoms with E-state index >= 15 is 0 Å². The molecule has 78 valence electrons. The number of unbranched alkanes of at least 4 members (excludes halogenated alkanes) is 2. The Balaban J connectivity index is 3.22. The van der Waals surface area contributed by atoms with E-state index in [0.29, 0.717) is 5.41 Å². The van der Waals surface area contributed by atoms with Crippen molar-refractivity contribution >= 4 is 5.97 Å². The summed E-state index contributed by atoms with van der Waals surface area (Å²) in [6, 6.07) is 0. The largest absolute Gasteiger partial charge is 0.348 e. The fourth-order valence-corrected chi connectivity index (χ4v) is 1.14. The summed E-state index contributed by atoms with van der Waals surface area (Å²) in [5.74, 6) is -0.754. The summed E-state index contributed by atoms with van der Waals surface area (Å²) in [7, 11) is 0. The smallest absolute Gasteiger partial charge is 0.255 e. The van der Waals surface area contributed by atoms with Crippen molar-refractivity contribution < 1.29 is 14.3 Å². The van der Waals surface area contributed by atoms with Gasteiger partial charge in [0.1, 0.15) is 0 Å². The monoisotopic (exact) mass is 190 g/mol. The van der Waals surface area contributed by atoms with Crippen molar-refractivity contribution in [1.82, 2.24) is 0 Å². The van der Waals surface area contributed by atoms with Gasteiger partial charge in [0.2, 0.25) is 0 Å². The standard InChI is InChI=1S/C10H19FO2/c1-10(2,3)8-6-4-5-7-9(12)13-11/h4-8H2,1-3H3. The Labute approximate surface area is 79.4 Å². The third-order valence-electron chi connectivity index (χ3n) is 1.89. The van der Waals surface area contributed by atoms with Crippen molar-refractivity contribution in [1.29, 1.82) is 0 Å². The SMILES string of the molecule is CC(C)(C)CCCCCC(=O)OF. The molecular formula is C10H19FO2. The molecule has 0 fully saturated rings. The molecule has 0 bridgehead atoms. The second kappa shape index (κ2) is 5.95. The fraction of sp³-hybridized carbons (Fsp3) is 0.900. The third kappa shape index (κ3) is 9.31. The maximum Gasteiger partial charge on any atom is 0.348 e. The van der Waals surface area contributed by atoms with Crippen LogP contribution >= 0.6 is 0 Å². The van der Waals surface area contributed by atoms with Crippen LogP contribution < -0.4 is 0 Å². The third-order valence-corrected chi connectivity index (χ3v) is 1.89. The summed E-state index contributed by atoms with van der Waals surface area (Å²) < 4.78 is 11.2. The molecule has 13 heavy (non-hydrogen) atoms. The summed E-state index contributed by atoms with van der Waals surface area (Å²) in [6.45, 7) is 6.55. The highest BCUT2D eigenvalue weighted by Crippen LogP contribution is 2.22. The quantitative estimate of drug-likeness (QED) is 0.621. The molecule has 0 rings (SSSR count). The molecule has 0 radical (unpaired) electrons. The highest BCUT2D eigenvalue weighted by molar-refractivity contribution is 5.68. The van der Waals surface area contributed by atoms with E-state index in [1.54, 1.807) is 0 Å². The van der Waals surface area contributed by atoms with E-state index in [1.807, 2.05) is 0 Å². The molecule has 0 spiro atoms. The molecule has 0 saturated carbocycles. The molecule has 3 heteroatoms. The lowest BCUT2D eigenvalue weighted by Crippen LogP contribution is -2.04. The Kier molecular flexibility index (Phi) is 5.67. The maximum absolute atomic E-state index is 11.2. The molecule has 0 amide bonds. The fourth-order valence-electron chi connectivity index (χ4n) is 1.14. The van der Waals surface area contributed by atoms with Gasteiger partial charge in [-0.1, -0.05) is 33.6 Å². The Morgan fingerprint density at radius 3 is 2.31 bits per heavy atom. The van der Waals surface area contributed by atoms with Gasteiger partial charge in [0.05, 0.1) is 0 Å². The van der Waals surface area contributed by atoms with Gasteiger partial charge in [-0.3, -0.25) is 4.94 Å². The molecule has 0 aliphatic heterocycles. The molecule has 2 nitrogen and oxygen atoms in total. The summed E-state index contributed by atoms with van der Waals surface area (Å²) in [5.41, 5.74) is 0.348. The second-order valence-corrected chi connectivity index (χ2v) is 4.57. The van der Waals surface area contributed by atoms with Crippen molar-refractivity contribution in [2.24, 2.45) is 5.41 Å². The number of hydrogen-bond acceptors (Lipinski definition) is 2. The summed E-state index contributed by atoms with van der Waals surface area (Å²) in [6.07, 6.45) is 4.10. The number of hydrogen-bond donors (Lipinski definition) is 0. The average Bonchev–Trinajstić information content (AvgIpc) is 2.01. The van der Waals surface area contributed by atoms with Gasteiger partial charge in [-0.25, -0.2) is 4.79 Å². The predicted molar refractivity (Wildman–Crippen MR) is 49.7 cm³/mol. The Morgan fingerprint density at radius 1 is 1.23 bits per heavy atom. The molecule has 0 aliphatic carbocycles. The van der Waals surface area contributed by atoms with Gasteiger partial charge in [-0.2, -0.15) is 0 Å². The molecule has 0 N–H and O–H groups in total. The first kappa shape index (κ1) is 12.4. The van der Waals surface area contributed by atoms with Crippen LogP contribution in [0, 0.1) is 5.41 Å². The molecule has 0 aromatic carbocycles. The Bertz CT molecular complexity index is 149. The van der Waals surface area contributed by atoms with Crippen molar-refractivity contribution in [2.75, 3.05) is 0 Å². The lowest BCUT2D eigenvalue weighted by Gasteiger charge is -2.17. The van der Waals surface area contributed by atoms with Crippen LogP contribution in [0.4, 0.5) is 4.53 Å². The van der Waals surface area contributed by atoms with Crippen LogP contribution in [0.2, 0.25) is 0 Å². The van der Waals surface area contributed by atoms with Gasteiger partial charge in [0.25, 0.3) is 0 Å². The number of carbonyl (C=O) groups is 1. The summed E-state index contributed by atoms with van der Waals surface area (Å²) in [5, 5.41) is 0. The van der Waals surface area contributed by atoms with Gasteiger partial charge in [0.15, 0.2) is 0 Å². The zero-order valence-corrected chi connectivity index (χ0v) is 8.73. The lowest BCUT2D eigenvalue weighted by atomic mass is 9.89. The number of carbonyl (C=O) groups excluding carboxylic acids is 1. The van der Waals surface area contributed by atoms with Gasteiger partial charge in [-0.05, 0) is 18.3 Å². The van der Waals surface area contributed by atoms with Crippen LogP contribution in [0.1, 0.15) is 52.9 Å². The number of rotatable bonds is 5. The van der Waals surface area contributed by atoms with Crippen molar-refractivity contribution in [3.05, 3.63) is 0 Å². The van der Waals surface area contributed by atoms with E-state index in [1.165, 1.54) is 0 Å². The van der Waals surface area contributed by atoms with E-state index in [4.69, 9.17) is 0 Å². The topological polar surface area (TPSA) is 26.3 Å². The zero-order valence-electron chi connectivity index (χ0n) is 8.73. The van der Waals surface area contributed by atoms with E-state index in [0.717, 1.165) is 25.7 Å². The lowest BCUT2D eigenvalue weighted by molar-refractivity contribution is -0.183. The molecule has 0 unspecified atom stereocenters. The molecule has 0 aromatic rings. The van der Waals surface area contributed by atoms with Crippen LogP contribution in [0.5, 0.6) is 0 Å². The molecule has 0 aliphatic rings. The van der Waals surface area contributed by atoms with E-state index < -0.39 is 5.97 Å². The normalized spacial score (nSPS) is 11.4. The highest BCUT2D eigenvalue weighted by Gasteiger charge is 2.09. The minimum atomic E-state index is -0.754. The minimum absolute atomic E-state index is 0.195. The van der Waals surface area contributed by atoms with Crippen LogP contribution in [0.25, 0.3) is 0 Å². The number of halogens is 1. The molecule has 0 saturated heterocycles. The van der Waals surface area contributed by atoms with Crippen LogP contribution in [-0.4, -0.2) is 5.97 Å². The van der Waals surface area contributed by atoms with Crippen molar-refractivity contribution in [3.63, 3.8) is 0 Å². The first-order valence-electron chi connectivity index (χ1n) is 4.77. The van der Waals surface area contributed by atoms with Crippen molar-refractivity contribution in [2.45, 2.75) is 52.9 Å². The molecule has 0 heterocycles. The molecule has 0 atom stereocenters. The van der Waals surface area contributed by atoms with Crippen LogP contribution in [0.15, 0.2) is 0 Å². The predicted octanol–water partition coefficient (Wildman–Crippen LogP) is 3.41. The summed E-state index contributed by atoms with van der Waals surface area (Å²) >= 11 is 0. The van der Waals surface area contributed by atoms with Gasteiger partial charge in [0, 0.05) is 10.9 Å². The Hall–Kier alpha value is -0.600. The zero-order chi connectivity index (χ0) is 10.3. The Morgan fingerprint density at radius 2 is 1.85 bits per heavy atom. The van der Waals surface area contributed by atoms with E-state index in [2.05, 4.69) is 25.7 Å². The first-order valence-corrected chi connectivity index (χ1v) is 4.77. The second-order valence-electron chi connectivity index (χ2n) is 4.57. The van der Waals surface area contributed by atoms with E-state index in [9.17, 15) is 9.32 Å².